The van der Waals surface area contributed by atoms with Gasteiger partial charge in [0.2, 0.25) is 0 Å². The van der Waals surface area contributed by atoms with Gasteiger partial charge in [0, 0.05) is 48.5 Å². The Bertz CT molecular complexity index is 2930. The van der Waals surface area contributed by atoms with E-state index in [-0.39, 0.29) is 0 Å². The third kappa shape index (κ3) is 2.46. The molecule has 0 spiro atoms. The summed E-state index contributed by atoms with van der Waals surface area (Å²) in [6.07, 6.45) is 0. The standard InChI is InChI=1S/C38H14N6/c39-15-19-1-5-24-28-13-23-14-29-25-6-2-20(16-40)10-31(25)44-33-12-22(18-42)4-8-27(33)36(38(29)44)34(23)35-26-7-3-21(17-41)11-32(26)43(37(28)35)30(24)9-19/h1-14H. The molecule has 0 saturated carbocycles. The van der Waals surface area contributed by atoms with Crippen LogP contribution in [0.25, 0.3) is 87.0 Å². The summed E-state index contributed by atoms with van der Waals surface area (Å²) < 4.78 is 4.41. The average molecular weight is 555 g/mol. The Balaban J connectivity index is 1.58. The van der Waals surface area contributed by atoms with Crippen molar-refractivity contribution >= 4 is 87.0 Å². The Kier molecular flexibility index (Phi) is 3.88. The molecule has 196 valence electrons. The second-order valence-corrected chi connectivity index (χ2v) is 11.4. The van der Waals surface area contributed by atoms with Crippen LogP contribution in [0.1, 0.15) is 22.3 Å². The third-order valence-electron chi connectivity index (χ3n) is 9.41. The molecule has 4 aromatic heterocycles. The highest BCUT2D eigenvalue weighted by molar-refractivity contribution is 6.41. The molecule has 0 bridgehead atoms. The lowest BCUT2D eigenvalue weighted by Gasteiger charge is -2.07. The summed E-state index contributed by atoms with van der Waals surface area (Å²) in [5, 5.41) is 49.8. The molecule has 6 aromatic carbocycles. The van der Waals surface area contributed by atoms with Gasteiger partial charge in [-0.05, 0) is 66.0 Å². The zero-order valence-electron chi connectivity index (χ0n) is 22.8. The molecule has 0 N–H and O–H groups in total. The van der Waals surface area contributed by atoms with Crippen molar-refractivity contribution in [2.75, 3.05) is 0 Å². The predicted octanol–water partition coefficient (Wildman–Crippen LogP) is 8.63. The van der Waals surface area contributed by atoms with Gasteiger partial charge in [0.15, 0.2) is 0 Å². The summed E-state index contributed by atoms with van der Waals surface area (Å²) in [4.78, 5) is 0. The minimum atomic E-state index is 0.571. The SMILES string of the molecule is N#Cc1ccc2c3cc4cc5c6ccc(C#N)cc6n6c7cc(C#N)ccc7c(c4c4c7ccc(C#N)cc7n(c2c1)c34)c56. The van der Waals surface area contributed by atoms with Crippen molar-refractivity contribution in [1.29, 1.82) is 21.0 Å². The molecule has 0 atom stereocenters. The number of hydrogen-bond acceptors (Lipinski definition) is 4. The van der Waals surface area contributed by atoms with Crippen LogP contribution in [0.3, 0.4) is 0 Å². The predicted molar refractivity (Wildman–Crippen MR) is 172 cm³/mol. The molecule has 10 aromatic rings. The first-order chi connectivity index (χ1) is 21.6. The molecule has 0 saturated heterocycles. The van der Waals surface area contributed by atoms with E-state index in [1.165, 1.54) is 0 Å². The highest BCUT2D eigenvalue weighted by Gasteiger charge is 2.26. The van der Waals surface area contributed by atoms with Crippen molar-refractivity contribution < 1.29 is 0 Å². The van der Waals surface area contributed by atoms with Gasteiger partial charge in [0.05, 0.1) is 79.6 Å². The van der Waals surface area contributed by atoms with Crippen molar-refractivity contribution in [3.05, 3.63) is 107 Å². The van der Waals surface area contributed by atoms with Crippen LogP contribution < -0.4 is 0 Å². The van der Waals surface area contributed by atoms with E-state index in [1.807, 2.05) is 72.8 Å². The zero-order valence-corrected chi connectivity index (χ0v) is 22.8. The number of fused-ring (bicyclic) bond motifs is 15. The van der Waals surface area contributed by atoms with Gasteiger partial charge in [-0.15, -0.1) is 0 Å². The highest BCUT2D eigenvalue weighted by Crippen LogP contribution is 2.49. The van der Waals surface area contributed by atoms with Crippen LogP contribution in [0.4, 0.5) is 0 Å². The maximum Gasteiger partial charge on any atom is 0.0992 e. The third-order valence-corrected chi connectivity index (χ3v) is 9.41. The summed E-state index contributed by atoms with van der Waals surface area (Å²) in [5.74, 6) is 0. The second kappa shape index (κ2) is 7.50. The molecule has 10 rings (SSSR count). The van der Waals surface area contributed by atoms with E-state index in [0.717, 1.165) is 87.0 Å². The van der Waals surface area contributed by atoms with Gasteiger partial charge in [-0.25, -0.2) is 0 Å². The van der Waals surface area contributed by atoms with Crippen LogP contribution in [-0.2, 0) is 0 Å². The van der Waals surface area contributed by atoms with E-state index in [1.54, 1.807) is 0 Å². The fraction of sp³-hybridized carbons (Fsp3) is 0. The number of rotatable bonds is 0. The van der Waals surface area contributed by atoms with Crippen LogP contribution >= 0.6 is 0 Å². The summed E-state index contributed by atoms with van der Waals surface area (Å²) >= 11 is 0. The van der Waals surface area contributed by atoms with Crippen LogP contribution in [-0.4, -0.2) is 8.80 Å². The number of nitrogens with zero attached hydrogens (tertiary/aromatic N) is 6. The van der Waals surface area contributed by atoms with Gasteiger partial charge in [-0.3, -0.25) is 0 Å². The lowest BCUT2D eigenvalue weighted by Crippen LogP contribution is -1.83. The lowest BCUT2D eigenvalue weighted by atomic mass is 9.94. The van der Waals surface area contributed by atoms with Crippen molar-refractivity contribution in [1.82, 2.24) is 8.80 Å². The molecule has 44 heavy (non-hydrogen) atoms. The van der Waals surface area contributed by atoms with E-state index in [2.05, 4.69) is 45.2 Å². The monoisotopic (exact) mass is 554 g/mol. The van der Waals surface area contributed by atoms with Crippen molar-refractivity contribution in [2.24, 2.45) is 0 Å². The average Bonchev–Trinajstić information content (AvgIpc) is 3.78. The Labute approximate surface area is 247 Å². The van der Waals surface area contributed by atoms with E-state index in [4.69, 9.17) is 0 Å². The largest absolute Gasteiger partial charge is 0.308 e. The van der Waals surface area contributed by atoms with Crippen LogP contribution in [0.15, 0.2) is 84.9 Å². The molecule has 0 fully saturated rings. The normalized spacial score (nSPS) is 12.0. The molecule has 4 heterocycles. The molecule has 0 radical (unpaired) electrons. The second-order valence-electron chi connectivity index (χ2n) is 11.4. The van der Waals surface area contributed by atoms with E-state index in [9.17, 15) is 21.0 Å². The fourth-order valence-electron chi connectivity index (χ4n) is 7.72. The Morgan fingerprint density at radius 2 is 0.705 bits per heavy atom. The fourth-order valence-corrected chi connectivity index (χ4v) is 7.72. The molecule has 6 heteroatoms. The molecule has 0 amide bonds. The van der Waals surface area contributed by atoms with Crippen LogP contribution in [0.2, 0.25) is 0 Å². The molecule has 0 unspecified atom stereocenters. The quantitative estimate of drug-likeness (QED) is 0.187. The van der Waals surface area contributed by atoms with Crippen LogP contribution in [0.5, 0.6) is 0 Å². The van der Waals surface area contributed by atoms with Crippen molar-refractivity contribution in [3.8, 4) is 24.3 Å². The van der Waals surface area contributed by atoms with E-state index in [0.29, 0.717) is 22.3 Å². The topological polar surface area (TPSA) is 104 Å². The highest BCUT2D eigenvalue weighted by atomic mass is 14.9. The first kappa shape index (κ1) is 22.8. The van der Waals surface area contributed by atoms with Gasteiger partial charge in [0.1, 0.15) is 0 Å². The molecular weight excluding hydrogens is 540 g/mol. The molecular formula is C38H14N6. The Morgan fingerprint density at radius 3 is 1.07 bits per heavy atom. The number of benzene rings is 6. The number of hydrogen-bond donors (Lipinski definition) is 0. The van der Waals surface area contributed by atoms with Gasteiger partial charge in [-0.2, -0.15) is 21.0 Å². The minimum Gasteiger partial charge on any atom is -0.308 e. The molecule has 0 aliphatic heterocycles. The Hall–Kier alpha value is -6.86. The van der Waals surface area contributed by atoms with E-state index < -0.39 is 0 Å². The van der Waals surface area contributed by atoms with Crippen molar-refractivity contribution in [3.63, 3.8) is 0 Å². The number of nitriles is 4. The van der Waals surface area contributed by atoms with E-state index >= 15 is 0 Å². The first-order valence-electron chi connectivity index (χ1n) is 14.1. The van der Waals surface area contributed by atoms with Gasteiger partial charge < -0.3 is 8.80 Å². The van der Waals surface area contributed by atoms with Gasteiger partial charge in [-0.1, -0.05) is 24.3 Å². The van der Waals surface area contributed by atoms with Gasteiger partial charge in [0.25, 0.3) is 0 Å². The maximum atomic E-state index is 9.82. The first-order valence-corrected chi connectivity index (χ1v) is 14.1. The number of aromatic nitrogens is 2. The molecule has 0 aliphatic carbocycles. The molecule has 6 nitrogen and oxygen atoms in total. The smallest absolute Gasteiger partial charge is 0.0992 e. The lowest BCUT2D eigenvalue weighted by molar-refractivity contribution is 1.36. The summed E-state index contributed by atoms with van der Waals surface area (Å²) in [6, 6.07) is 37.0. The van der Waals surface area contributed by atoms with Crippen molar-refractivity contribution in [2.45, 2.75) is 0 Å². The zero-order chi connectivity index (χ0) is 29.4. The summed E-state index contributed by atoms with van der Waals surface area (Å²) in [6.45, 7) is 0. The van der Waals surface area contributed by atoms with Gasteiger partial charge >= 0.3 is 0 Å². The molecule has 0 aliphatic rings. The summed E-state index contributed by atoms with van der Waals surface area (Å²) in [7, 11) is 0. The summed E-state index contributed by atoms with van der Waals surface area (Å²) in [5.41, 5.74) is 8.13. The minimum absolute atomic E-state index is 0.571. The Morgan fingerprint density at radius 1 is 0.364 bits per heavy atom. The maximum absolute atomic E-state index is 9.82. The van der Waals surface area contributed by atoms with Crippen LogP contribution in [0, 0.1) is 45.3 Å².